The summed E-state index contributed by atoms with van der Waals surface area (Å²) >= 11 is 5.79. The quantitative estimate of drug-likeness (QED) is 0.758. The predicted molar refractivity (Wildman–Crippen MR) is 80.5 cm³/mol. The van der Waals surface area contributed by atoms with Gasteiger partial charge < -0.3 is 4.90 Å². The van der Waals surface area contributed by atoms with Crippen LogP contribution in [0, 0.1) is 0 Å². The summed E-state index contributed by atoms with van der Waals surface area (Å²) in [6, 6.07) is 7.23. The molecule has 108 valence electrons. The molecule has 0 aliphatic carbocycles. The molecule has 0 aromatic heterocycles. The van der Waals surface area contributed by atoms with E-state index in [0.717, 1.165) is 12.2 Å². The molecule has 0 spiro atoms. The zero-order chi connectivity index (χ0) is 14.6. The second-order valence-corrected chi connectivity index (χ2v) is 7.29. The highest BCUT2D eigenvalue weighted by Gasteiger charge is 2.17. The van der Waals surface area contributed by atoms with E-state index in [4.69, 9.17) is 11.6 Å². The summed E-state index contributed by atoms with van der Waals surface area (Å²) in [5, 5.41) is 0. The van der Waals surface area contributed by atoms with Gasteiger partial charge in [-0.1, -0.05) is 0 Å². The first-order valence-electron chi connectivity index (χ1n) is 6.16. The van der Waals surface area contributed by atoms with Gasteiger partial charge in [-0.15, -0.1) is 11.6 Å². The van der Waals surface area contributed by atoms with Gasteiger partial charge in [-0.05, 0) is 38.1 Å². The second-order valence-electron chi connectivity index (χ2n) is 4.76. The van der Waals surface area contributed by atoms with Crippen LogP contribution in [0.5, 0.6) is 0 Å². The number of nitrogens with zero attached hydrogens (tertiary/aromatic N) is 2. The SMILES string of the molecule is CC(C)N(CCCl)c1ccc(S(=O)(=O)N(C)C)cc1. The number of alkyl halides is 1. The number of hydrogen-bond acceptors (Lipinski definition) is 3. The Morgan fingerprint density at radius 2 is 1.68 bits per heavy atom. The molecule has 0 aliphatic heterocycles. The maximum atomic E-state index is 12.0. The van der Waals surface area contributed by atoms with Crippen molar-refractivity contribution < 1.29 is 8.42 Å². The van der Waals surface area contributed by atoms with Crippen LogP contribution in [-0.2, 0) is 10.0 Å². The average molecular weight is 305 g/mol. The van der Waals surface area contributed by atoms with Crippen LogP contribution in [0.3, 0.4) is 0 Å². The Morgan fingerprint density at radius 1 is 1.16 bits per heavy atom. The Balaban J connectivity index is 3.05. The minimum absolute atomic E-state index is 0.302. The van der Waals surface area contributed by atoms with Gasteiger partial charge in [0.15, 0.2) is 0 Å². The summed E-state index contributed by atoms with van der Waals surface area (Å²) in [4.78, 5) is 2.44. The lowest BCUT2D eigenvalue weighted by Gasteiger charge is -2.28. The Morgan fingerprint density at radius 3 is 2.05 bits per heavy atom. The van der Waals surface area contributed by atoms with E-state index in [2.05, 4.69) is 18.7 Å². The van der Waals surface area contributed by atoms with Crippen LogP contribution in [0.25, 0.3) is 0 Å². The van der Waals surface area contributed by atoms with Crippen molar-refractivity contribution in [3.8, 4) is 0 Å². The van der Waals surface area contributed by atoms with E-state index < -0.39 is 10.0 Å². The zero-order valence-electron chi connectivity index (χ0n) is 11.8. The van der Waals surface area contributed by atoms with Crippen LogP contribution in [0.15, 0.2) is 29.2 Å². The second kappa shape index (κ2) is 6.59. The van der Waals surface area contributed by atoms with E-state index in [9.17, 15) is 8.42 Å². The molecule has 0 atom stereocenters. The fourth-order valence-electron chi connectivity index (χ4n) is 1.80. The van der Waals surface area contributed by atoms with Crippen LogP contribution in [0.2, 0.25) is 0 Å². The van der Waals surface area contributed by atoms with Crippen LogP contribution < -0.4 is 4.90 Å². The zero-order valence-corrected chi connectivity index (χ0v) is 13.4. The largest absolute Gasteiger partial charge is 0.368 e. The summed E-state index contributed by atoms with van der Waals surface area (Å²) in [5.41, 5.74) is 0.980. The van der Waals surface area contributed by atoms with Gasteiger partial charge in [0, 0.05) is 38.2 Å². The van der Waals surface area contributed by atoms with Crippen LogP contribution in [0.1, 0.15) is 13.8 Å². The van der Waals surface area contributed by atoms with E-state index in [-0.39, 0.29) is 0 Å². The van der Waals surface area contributed by atoms with Crippen molar-refractivity contribution in [2.75, 3.05) is 31.4 Å². The van der Waals surface area contributed by atoms with E-state index >= 15 is 0 Å². The predicted octanol–water partition coefficient (Wildman–Crippen LogP) is 2.39. The molecule has 0 saturated heterocycles. The summed E-state index contributed by atoms with van der Waals surface area (Å²) in [6.45, 7) is 4.90. The molecule has 0 bridgehead atoms. The minimum atomic E-state index is -3.36. The Kier molecular flexibility index (Phi) is 5.64. The summed E-state index contributed by atoms with van der Waals surface area (Å²) < 4.78 is 25.1. The van der Waals surface area contributed by atoms with Gasteiger partial charge >= 0.3 is 0 Å². The lowest BCUT2D eigenvalue weighted by molar-refractivity contribution is 0.521. The summed E-state index contributed by atoms with van der Waals surface area (Å²) in [7, 11) is -0.313. The average Bonchev–Trinajstić information content (AvgIpc) is 2.35. The molecule has 1 aromatic rings. The molecule has 6 heteroatoms. The number of benzene rings is 1. The van der Waals surface area contributed by atoms with Crippen LogP contribution >= 0.6 is 11.6 Å². The van der Waals surface area contributed by atoms with Gasteiger partial charge in [-0.25, -0.2) is 12.7 Å². The molecular weight excluding hydrogens is 284 g/mol. The van der Waals surface area contributed by atoms with Crippen molar-refractivity contribution >= 4 is 27.3 Å². The van der Waals surface area contributed by atoms with Crippen LogP contribution in [0.4, 0.5) is 5.69 Å². The van der Waals surface area contributed by atoms with Gasteiger partial charge in [0.05, 0.1) is 4.90 Å². The first-order valence-corrected chi connectivity index (χ1v) is 8.13. The standard InChI is InChI=1S/C13H21ClN2O2S/c1-11(2)16(10-9-14)12-5-7-13(8-6-12)19(17,18)15(3)4/h5-8,11H,9-10H2,1-4H3. The molecule has 0 radical (unpaired) electrons. The Labute approximate surface area is 121 Å². The highest BCUT2D eigenvalue weighted by molar-refractivity contribution is 7.89. The van der Waals surface area contributed by atoms with E-state index in [0.29, 0.717) is 16.8 Å². The van der Waals surface area contributed by atoms with Gasteiger partial charge in [-0.3, -0.25) is 0 Å². The number of rotatable bonds is 6. The molecular formula is C13H21ClN2O2S. The van der Waals surface area contributed by atoms with Gasteiger partial charge in [0.25, 0.3) is 0 Å². The van der Waals surface area contributed by atoms with Gasteiger partial charge in [0.1, 0.15) is 0 Å². The Hall–Kier alpha value is -0.780. The highest BCUT2D eigenvalue weighted by Crippen LogP contribution is 2.21. The molecule has 1 rings (SSSR count). The Bertz CT molecular complexity index is 498. The lowest BCUT2D eigenvalue weighted by atomic mass is 10.2. The summed E-state index contributed by atoms with van der Waals surface area (Å²) in [6.07, 6.45) is 0. The van der Waals surface area contributed by atoms with Crippen LogP contribution in [-0.4, -0.2) is 45.3 Å². The van der Waals surface area contributed by atoms with Crippen molar-refractivity contribution in [1.29, 1.82) is 0 Å². The fourth-order valence-corrected chi connectivity index (χ4v) is 2.88. The van der Waals surface area contributed by atoms with E-state index in [1.54, 1.807) is 12.1 Å². The lowest BCUT2D eigenvalue weighted by Crippen LogP contribution is -2.32. The molecule has 0 aliphatic rings. The molecule has 0 saturated carbocycles. The monoisotopic (exact) mass is 304 g/mol. The number of sulfonamides is 1. The third kappa shape index (κ3) is 3.84. The number of hydrogen-bond donors (Lipinski definition) is 0. The van der Waals surface area contributed by atoms with Crippen molar-refractivity contribution in [2.45, 2.75) is 24.8 Å². The normalized spacial score (nSPS) is 12.2. The third-order valence-electron chi connectivity index (χ3n) is 2.90. The van der Waals surface area contributed by atoms with Crippen molar-refractivity contribution in [3.63, 3.8) is 0 Å². The van der Waals surface area contributed by atoms with E-state index in [1.807, 2.05) is 12.1 Å². The number of halogens is 1. The molecule has 0 unspecified atom stereocenters. The fraction of sp³-hybridized carbons (Fsp3) is 0.538. The van der Waals surface area contributed by atoms with Crippen molar-refractivity contribution in [3.05, 3.63) is 24.3 Å². The molecule has 0 heterocycles. The topological polar surface area (TPSA) is 40.6 Å². The smallest absolute Gasteiger partial charge is 0.242 e. The van der Waals surface area contributed by atoms with E-state index in [1.165, 1.54) is 18.4 Å². The molecule has 0 fully saturated rings. The van der Waals surface area contributed by atoms with Gasteiger partial charge in [-0.2, -0.15) is 0 Å². The maximum Gasteiger partial charge on any atom is 0.242 e. The first kappa shape index (κ1) is 16.3. The van der Waals surface area contributed by atoms with Crippen molar-refractivity contribution in [2.24, 2.45) is 0 Å². The maximum absolute atomic E-state index is 12.0. The van der Waals surface area contributed by atoms with Gasteiger partial charge in [0.2, 0.25) is 10.0 Å². The number of anilines is 1. The minimum Gasteiger partial charge on any atom is -0.368 e. The molecule has 0 amide bonds. The molecule has 0 N–H and O–H groups in total. The molecule has 4 nitrogen and oxygen atoms in total. The molecule has 19 heavy (non-hydrogen) atoms. The molecule has 1 aromatic carbocycles. The first-order chi connectivity index (χ1) is 8.80. The third-order valence-corrected chi connectivity index (χ3v) is 4.89. The van der Waals surface area contributed by atoms with Crippen molar-refractivity contribution in [1.82, 2.24) is 4.31 Å². The highest BCUT2D eigenvalue weighted by atomic mass is 35.5. The summed E-state index contributed by atoms with van der Waals surface area (Å²) in [5.74, 6) is 0.538.